The van der Waals surface area contributed by atoms with E-state index in [4.69, 9.17) is 9.47 Å². The molecule has 0 saturated carbocycles. The van der Waals surface area contributed by atoms with Gasteiger partial charge in [0.2, 0.25) is 0 Å². The van der Waals surface area contributed by atoms with Gasteiger partial charge in [-0.3, -0.25) is 9.59 Å². The van der Waals surface area contributed by atoms with Crippen LogP contribution in [0.4, 0.5) is 0 Å². The zero-order chi connectivity index (χ0) is 20.3. The maximum absolute atomic E-state index is 12.7. The third-order valence-electron chi connectivity index (χ3n) is 4.39. The van der Waals surface area contributed by atoms with Crippen molar-refractivity contribution in [1.29, 1.82) is 0 Å². The number of amides is 1. The van der Waals surface area contributed by atoms with Gasteiger partial charge in [0.1, 0.15) is 11.5 Å². The molecule has 1 aliphatic heterocycles. The Labute approximate surface area is 168 Å². The van der Waals surface area contributed by atoms with Gasteiger partial charge in [0.05, 0.1) is 24.3 Å². The summed E-state index contributed by atoms with van der Waals surface area (Å²) in [6, 6.07) is 9.92. The lowest BCUT2D eigenvalue weighted by Crippen LogP contribution is -2.32. The van der Waals surface area contributed by atoms with E-state index >= 15 is 0 Å². The highest BCUT2D eigenvalue weighted by molar-refractivity contribution is 7.10. The molecule has 28 heavy (non-hydrogen) atoms. The third kappa shape index (κ3) is 3.95. The highest BCUT2D eigenvalue weighted by Crippen LogP contribution is 2.41. The number of ketones is 1. The summed E-state index contributed by atoms with van der Waals surface area (Å²) >= 11 is 1.43. The number of hydrogen-bond acceptors (Lipinski definition) is 6. The number of Topliss-reactive ketones (excluding diaryl/α,β-unsaturated/α-hetero) is 1. The van der Waals surface area contributed by atoms with Gasteiger partial charge >= 0.3 is 0 Å². The average Bonchev–Trinajstić information content (AvgIpc) is 3.27. The first-order chi connectivity index (χ1) is 13.4. The van der Waals surface area contributed by atoms with Gasteiger partial charge in [0.15, 0.2) is 0 Å². The molecule has 6 nitrogen and oxygen atoms in total. The number of methoxy groups -OCH3 is 1. The summed E-state index contributed by atoms with van der Waals surface area (Å²) in [5, 5.41) is 12.8. The zero-order valence-corrected chi connectivity index (χ0v) is 16.9. The normalized spacial score (nSPS) is 18.9. The van der Waals surface area contributed by atoms with E-state index in [-0.39, 0.29) is 24.0 Å². The van der Waals surface area contributed by atoms with Crippen molar-refractivity contribution in [2.24, 2.45) is 0 Å². The summed E-state index contributed by atoms with van der Waals surface area (Å²) in [6.45, 7) is 4.42. The quantitative estimate of drug-likeness (QED) is 0.436. The van der Waals surface area contributed by atoms with Crippen LogP contribution < -0.4 is 4.74 Å². The standard InChI is InChI=1S/C21H23NO5S/c1-13(2)27-15-8-6-14(7-9-15)19(23)17-18(16-5-4-12-28-16)22(10-11-26-3)21(25)20(17)24/h4-9,12-13,18,23H,10-11H2,1-3H3/t18-/m0/s1. The van der Waals surface area contributed by atoms with Gasteiger partial charge in [0, 0.05) is 24.1 Å². The summed E-state index contributed by atoms with van der Waals surface area (Å²) in [4.78, 5) is 27.6. The molecular weight excluding hydrogens is 378 g/mol. The first-order valence-electron chi connectivity index (χ1n) is 9.02. The summed E-state index contributed by atoms with van der Waals surface area (Å²) in [6.07, 6.45) is 0.0318. The molecule has 1 aliphatic rings. The Morgan fingerprint density at radius 3 is 2.50 bits per heavy atom. The van der Waals surface area contributed by atoms with Crippen LogP contribution in [-0.4, -0.2) is 48.1 Å². The monoisotopic (exact) mass is 401 g/mol. The Balaban J connectivity index is 2.03. The summed E-state index contributed by atoms with van der Waals surface area (Å²) in [5.74, 6) is -0.832. The summed E-state index contributed by atoms with van der Waals surface area (Å²) in [7, 11) is 1.54. The maximum atomic E-state index is 12.7. The number of nitrogens with zero attached hydrogens (tertiary/aromatic N) is 1. The number of hydrogen-bond donors (Lipinski definition) is 1. The number of likely N-dealkylation sites (tertiary alicyclic amines) is 1. The largest absolute Gasteiger partial charge is 0.507 e. The number of carbonyl (C=O) groups is 2. The molecule has 2 heterocycles. The molecule has 1 saturated heterocycles. The molecule has 1 fully saturated rings. The van der Waals surface area contributed by atoms with Crippen LogP contribution in [0.25, 0.3) is 5.76 Å². The Morgan fingerprint density at radius 2 is 1.93 bits per heavy atom. The molecule has 0 radical (unpaired) electrons. The van der Waals surface area contributed by atoms with E-state index in [1.807, 2.05) is 31.4 Å². The van der Waals surface area contributed by atoms with Crippen molar-refractivity contribution in [1.82, 2.24) is 4.90 Å². The topological polar surface area (TPSA) is 76.1 Å². The SMILES string of the molecule is COCCN1C(=O)C(=O)C(=C(O)c2ccc(OC(C)C)cc2)[C@@H]1c1cccs1. The second-order valence-corrected chi connectivity index (χ2v) is 7.67. The van der Waals surface area contributed by atoms with Crippen LogP contribution >= 0.6 is 11.3 Å². The zero-order valence-electron chi connectivity index (χ0n) is 16.0. The number of aliphatic hydroxyl groups is 1. The molecule has 148 valence electrons. The van der Waals surface area contributed by atoms with Gasteiger partial charge in [-0.05, 0) is 49.6 Å². The van der Waals surface area contributed by atoms with Gasteiger partial charge in [-0.1, -0.05) is 6.07 Å². The molecule has 1 amide bonds. The van der Waals surface area contributed by atoms with Crippen LogP contribution in [0.3, 0.4) is 0 Å². The predicted molar refractivity (Wildman–Crippen MR) is 107 cm³/mol. The van der Waals surface area contributed by atoms with Crippen molar-refractivity contribution in [2.45, 2.75) is 26.0 Å². The molecule has 7 heteroatoms. The molecule has 0 unspecified atom stereocenters. The molecule has 3 rings (SSSR count). The number of benzene rings is 1. The number of ether oxygens (including phenoxy) is 2. The van der Waals surface area contributed by atoms with Crippen LogP contribution in [0.2, 0.25) is 0 Å². The van der Waals surface area contributed by atoms with E-state index in [0.717, 1.165) is 4.88 Å². The van der Waals surface area contributed by atoms with E-state index in [0.29, 0.717) is 17.9 Å². The van der Waals surface area contributed by atoms with E-state index in [1.54, 1.807) is 24.3 Å². The minimum atomic E-state index is -0.686. The van der Waals surface area contributed by atoms with E-state index in [9.17, 15) is 14.7 Å². The Kier molecular flexibility index (Phi) is 6.16. The number of rotatable bonds is 7. The van der Waals surface area contributed by atoms with Gasteiger partial charge in [-0.2, -0.15) is 0 Å². The Morgan fingerprint density at radius 1 is 1.21 bits per heavy atom. The van der Waals surface area contributed by atoms with Crippen LogP contribution in [0.5, 0.6) is 5.75 Å². The Hall–Kier alpha value is -2.64. The number of carbonyl (C=O) groups excluding carboxylic acids is 2. The van der Waals surface area contributed by atoms with Crippen molar-refractivity contribution in [2.75, 3.05) is 20.3 Å². The van der Waals surface area contributed by atoms with Gasteiger partial charge < -0.3 is 19.5 Å². The molecule has 1 aromatic heterocycles. The van der Waals surface area contributed by atoms with Crippen molar-refractivity contribution < 1.29 is 24.2 Å². The fourth-order valence-electron chi connectivity index (χ4n) is 3.16. The summed E-state index contributed by atoms with van der Waals surface area (Å²) in [5.41, 5.74) is 0.559. The van der Waals surface area contributed by atoms with Crippen molar-refractivity contribution in [3.05, 3.63) is 57.8 Å². The summed E-state index contributed by atoms with van der Waals surface area (Å²) < 4.78 is 10.7. The highest BCUT2D eigenvalue weighted by Gasteiger charge is 2.46. The smallest absolute Gasteiger partial charge is 0.295 e. The second kappa shape index (κ2) is 8.58. The van der Waals surface area contributed by atoms with Crippen LogP contribution in [0, 0.1) is 0 Å². The van der Waals surface area contributed by atoms with Crippen LogP contribution in [-0.2, 0) is 14.3 Å². The lowest BCUT2D eigenvalue weighted by Gasteiger charge is -2.23. The fourth-order valence-corrected chi connectivity index (χ4v) is 4.01. The van der Waals surface area contributed by atoms with E-state index in [1.165, 1.54) is 23.3 Å². The maximum Gasteiger partial charge on any atom is 0.295 e. The molecule has 0 spiro atoms. The second-order valence-electron chi connectivity index (χ2n) is 6.69. The molecule has 1 atom stereocenters. The minimum absolute atomic E-state index is 0.0318. The van der Waals surface area contributed by atoms with Gasteiger partial charge in [-0.25, -0.2) is 0 Å². The molecule has 1 N–H and O–H groups in total. The third-order valence-corrected chi connectivity index (χ3v) is 5.31. The van der Waals surface area contributed by atoms with Crippen LogP contribution in [0.15, 0.2) is 47.4 Å². The van der Waals surface area contributed by atoms with E-state index < -0.39 is 17.7 Å². The number of aliphatic hydroxyl groups excluding tert-OH is 1. The minimum Gasteiger partial charge on any atom is -0.507 e. The first-order valence-corrected chi connectivity index (χ1v) is 9.89. The van der Waals surface area contributed by atoms with E-state index in [2.05, 4.69) is 0 Å². The predicted octanol–water partition coefficient (Wildman–Crippen LogP) is 3.60. The average molecular weight is 401 g/mol. The van der Waals surface area contributed by atoms with Crippen molar-refractivity contribution in [3.63, 3.8) is 0 Å². The highest BCUT2D eigenvalue weighted by atomic mass is 32.1. The molecule has 2 aromatic rings. The lowest BCUT2D eigenvalue weighted by molar-refractivity contribution is -0.140. The van der Waals surface area contributed by atoms with Gasteiger partial charge in [-0.15, -0.1) is 11.3 Å². The number of thiophene rings is 1. The Bertz CT molecular complexity index is 871. The first kappa shape index (κ1) is 20.1. The van der Waals surface area contributed by atoms with Gasteiger partial charge in [0.25, 0.3) is 11.7 Å². The fraction of sp³-hybridized carbons (Fsp3) is 0.333. The molecule has 0 aliphatic carbocycles. The molecule has 0 bridgehead atoms. The molecular formula is C21H23NO5S. The van der Waals surface area contributed by atoms with Crippen LogP contribution in [0.1, 0.15) is 30.3 Å². The van der Waals surface area contributed by atoms with Crippen molar-refractivity contribution in [3.8, 4) is 5.75 Å². The lowest BCUT2D eigenvalue weighted by atomic mass is 10.00. The molecule has 1 aromatic carbocycles. The van der Waals surface area contributed by atoms with Crippen molar-refractivity contribution >= 4 is 28.8 Å².